The number of anilines is 1. The third kappa shape index (κ3) is 3.84. The van der Waals surface area contributed by atoms with Crippen molar-refractivity contribution >= 4 is 45.1 Å². The first-order valence-corrected chi connectivity index (χ1v) is 10.9. The normalized spacial score (nSPS) is 14.3. The van der Waals surface area contributed by atoms with Crippen molar-refractivity contribution in [2.24, 2.45) is 0 Å². The standard InChI is InChI=1S/C22H17ClFN5OS/c23-16-5-1-14(2-6-16)18-19-20(31-27-18)21(26-13-25-19)28-9-11-29(12-10-28)22(30)15-3-7-17(24)8-4-15/h1-8,13H,9-12H2. The topological polar surface area (TPSA) is 62.2 Å². The predicted molar refractivity (Wildman–Crippen MR) is 120 cm³/mol. The molecule has 2 aromatic carbocycles. The van der Waals surface area contributed by atoms with Crippen molar-refractivity contribution in [1.82, 2.24) is 19.2 Å². The van der Waals surface area contributed by atoms with E-state index in [9.17, 15) is 9.18 Å². The summed E-state index contributed by atoms with van der Waals surface area (Å²) in [7, 11) is 0. The minimum atomic E-state index is -0.350. The van der Waals surface area contributed by atoms with E-state index in [4.69, 9.17) is 11.6 Å². The van der Waals surface area contributed by atoms with Crippen LogP contribution in [-0.2, 0) is 0 Å². The highest BCUT2D eigenvalue weighted by Gasteiger charge is 2.25. The molecule has 0 atom stereocenters. The minimum Gasteiger partial charge on any atom is -0.352 e. The van der Waals surface area contributed by atoms with Crippen molar-refractivity contribution in [3.63, 3.8) is 0 Å². The average Bonchev–Trinajstić information content (AvgIpc) is 3.24. The smallest absolute Gasteiger partial charge is 0.253 e. The molecule has 0 unspecified atom stereocenters. The zero-order valence-corrected chi connectivity index (χ0v) is 17.9. The van der Waals surface area contributed by atoms with Gasteiger partial charge >= 0.3 is 0 Å². The number of hydrogen-bond donors (Lipinski definition) is 0. The monoisotopic (exact) mass is 453 g/mol. The zero-order valence-electron chi connectivity index (χ0n) is 16.3. The Hall–Kier alpha value is -3.10. The number of carbonyl (C=O) groups is 1. The van der Waals surface area contributed by atoms with Gasteiger partial charge in [-0.05, 0) is 47.9 Å². The molecule has 1 amide bonds. The lowest BCUT2D eigenvalue weighted by atomic mass is 10.1. The van der Waals surface area contributed by atoms with Gasteiger partial charge < -0.3 is 9.80 Å². The third-order valence-corrected chi connectivity index (χ3v) is 6.40. The molecular formula is C22H17ClFN5OS. The quantitative estimate of drug-likeness (QED) is 0.456. The molecule has 31 heavy (non-hydrogen) atoms. The van der Waals surface area contributed by atoms with E-state index in [1.54, 1.807) is 11.2 Å². The highest BCUT2D eigenvalue weighted by molar-refractivity contribution is 7.14. The van der Waals surface area contributed by atoms with Gasteiger partial charge in [0.1, 0.15) is 28.1 Å². The Morgan fingerprint density at radius 3 is 2.39 bits per heavy atom. The molecule has 1 saturated heterocycles. The summed E-state index contributed by atoms with van der Waals surface area (Å²) in [6.07, 6.45) is 1.56. The molecule has 1 fully saturated rings. The predicted octanol–water partition coefficient (Wildman–Crippen LogP) is 4.51. The molecule has 6 nitrogen and oxygen atoms in total. The molecule has 2 aromatic heterocycles. The van der Waals surface area contributed by atoms with E-state index >= 15 is 0 Å². The molecule has 9 heteroatoms. The maximum atomic E-state index is 13.1. The second-order valence-corrected chi connectivity index (χ2v) is 8.41. The molecule has 0 N–H and O–H groups in total. The number of rotatable bonds is 3. The number of amides is 1. The SMILES string of the molecule is O=C(c1ccc(F)cc1)N1CCN(c2ncnc3c(-c4ccc(Cl)cc4)nsc23)CC1. The summed E-state index contributed by atoms with van der Waals surface area (Å²) in [5.74, 6) is 0.392. The summed E-state index contributed by atoms with van der Waals surface area (Å²) < 4.78 is 18.7. The van der Waals surface area contributed by atoms with Gasteiger partial charge in [0.25, 0.3) is 5.91 Å². The molecule has 5 rings (SSSR count). The lowest BCUT2D eigenvalue weighted by molar-refractivity contribution is 0.0746. The number of fused-ring (bicyclic) bond motifs is 1. The first kappa shape index (κ1) is 19.8. The van der Waals surface area contributed by atoms with Crippen LogP contribution in [0.25, 0.3) is 21.5 Å². The van der Waals surface area contributed by atoms with Crippen LogP contribution in [0.15, 0.2) is 54.9 Å². The summed E-state index contributed by atoms with van der Waals surface area (Å²) in [6.45, 7) is 2.41. The lowest BCUT2D eigenvalue weighted by Crippen LogP contribution is -2.49. The van der Waals surface area contributed by atoms with Gasteiger partial charge in [-0.2, -0.15) is 4.37 Å². The van der Waals surface area contributed by atoms with Gasteiger partial charge in [-0.15, -0.1) is 0 Å². The number of aromatic nitrogens is 3. The fraction of sp³-hybridized carbons (Fsp3) is 0.182. The maximum absolute atomic E-state index is 13.1. The molecular weight excluding hydrogens is 437 g/mol. The van der Waals surface area contributed by atoms with Gasteiger partial charge in [-0.1, -0.05) is 23.7 Å². The van der Waals surface area contributed by atoms with Crippen molar-refractivity contribution in [1.29, 1.82) is 0 Å². The molecule has 0 bridgehead atoms. The van der Waals surface area contributed by atoms with Gasteiger partial charge in [0.2, 0.25) is 0 Å². The number of hydrogen-bond acceptors (Lipinski definition) is 6. The van der Waals surface area contributed by atoms with Crippen LogP contribution in [0.5, 0.6) is 0 Å². The van der Waals surface area contributed by atoms with Crippen LogP contribution in [0, 0.1) is 5.82 Å². The largest absolute Gasteiger partial charge is 0.352 e. The van der Waals surface area contributed by atoms with Gasteiger partial charge in [-0.25, -0.2) is 14.4 Å². The van der Waals surface area contributed by atoms with Crippen LogP contribution in [0.1, 0.15) is 10.4 Å². The molecule has 1 aliphatic heterocycles. The molecule has 0 saturated carbocycles. The van der Waals surface area contributed by atoms with Crippen LogP contribution in [0.4, 0.5) is 10.2 Å². The Kier molecular flexibility index (Phi) is 5.25. The Bertz CT molecular complexity index is 1240. The second kappa shape index (κ2) is 8.20. The molecule has 0 spiro atoms. The van der Waals surface area contributed by atoms with Crippen molar-refractivity contribution in [2.75, 3.05) is 31.1 Å². The number of carbonyl (C=O) groups excluding carboxylic acids is 1. The summed E-state index contributed by atoms with van der Waals surface area (Å²) in [5, 5.41) is 0.673. The van der Waals surface area contributed by atoms with E-state index in [0.29, 0.717) is 36.8 Å². The Morgan fingerprint density at radius 1 is 0.968 bits per heavy atom. The molecule has 3 heterocycles. The first-order valence-electron chi connectivity index (χ1n) is 9.76. The highest BCUT2D eigenvalue weighted by atomic mass is 35.5. The number of piperazine rings is 1. The highest BCUT2D eigenvalue weighted by Crippen LogP contribution is 2.34. The fourth-order valence-corrected chi connectivity index (χ4v) is 4.67. The van der Waals surface area contributed by atoms with Crippen LogP contribution in [0.3, 0.4) is 0 Å². The second-order valence-electron chi connectivity index (χ2n) is 7.20. The first-order chi connectivity index (χ1) is 15.1. The maximum Gasteiger partial charge on any atom is 0.253 e. The fourth-order valence-electron chi connectivity index (χ4n) is 3.67. The van der Waals surface area contributed by atoms with Crippen molar-refractivity contribution < 1.29 is 9.18 Å². The lowest BCUT2D eigenvalue weighted by Gasteiger charge is -2.35. The van der Waals surface area contributed by atoms with E-state index in [1.807, 2.05) is 24.3 Å². The van der Waals surface area contributed by atoms with Crippen molar-refractivity contribution in [3.8, 4) is 11.3 Å². The third-order valence-electron chi connectivity index (χ3n) is 5.31. The van der Waals surface area contributed by atoms with Crippen LogP contribution in [0.2, 0.25) is 5.02 Å². The van der Waals surface area contributed by atoms with E-state index < -0.39 is 0 Å². The summed E-state index contributed by atoms with van der Waals surface area (Å²) in [5.41, 5.74) is 3.07. The van der Waals surface area contributed by atoms with Gasteiger partial charge in [0.05, 0.1) is 0 Å². The molecule has 1 aliphatic rings. The van der Waals surface area contributed by atoms with Crippen LogP contribution < -0.4 is 4.90 Å². The molecule has 156 valence electrons. The molecule has 0 aliphatic carbocycles. The van der Waals surface area contributed by atoms with E-state index in [1.165, 1.54) is 35.8 Å². The average molecular weight is 454 g/mol. The van der Waals surface area contributed by atoms with E-state index in [-0.39, 0.29) is 11.7 Å². The zero-order chi connectivity index (χ0) is 21.4. The number of nitrogens with zero attached hydrogens (tertiary/aromatic N) is 5. The summed E-state index contributed by atoms with van der Waals surface area (Å²) in [4.78, 5) is 25.6. The van der Waals surface area contributed by atoms with Crippen LogP contribution in [-0.4, -0.2) is 51.3 Å². The van der Waals surface area contributed by atoms with E-state index in [0.717, 1.165) is 27.3 Å². The summed E-state index contributed by atoms with van der Waals surface area (Å²) >= 11 is 7.38. The van der Waals surface area contributed by atoms with Crippen molar-refractivity contribution in [2.45, 2.75) is 0 Å². The van der Waals surface area contributed by atoms with Crippen molar-refractivity contribution in [3.05, 3.63) is 71.3 Å². The van der Waals surface area contributed by atoms with E-state index in [2.05, 4.69) is 19.2 Å². The number of benzene rings is 2. The minimum absolute atomic E-state index is 0.0877. The van der Waals surface area contributed by atoms with Gasteiger partial charge in [0, 0.05) is 42.3 Å². The molecule has 0 radical (unpaired) electrons. The molecule has 4 aromatic rings. The Morgan fingerprint density at radius 2 is 1.68 bits per heavy atom. The Balaban J connectivity index is 1.36. The van der Waals surface area contributed by atoms with Gasteiger partial charge in [0.15, 0.2) is 5.82 Å². The summed E-state index contributed by atoms with van der Waals surface area (Å²) in [6, 6.07) is 13.2. The van der Waals surface area contributed by atoms with Crippen LogP contribution >= 0.6 is 23.1 Å². The van der Waals surface area contributed by atoms with Gasteiger partial charge in [-0.3, -0.25) is 4.79 Å². The number of halogens is 2. The Labute approximate surface area is 187 Å².